The molecule has 0 saturated heterocycles. The van der Waals surface area contributed by atoms with E-state index in [4.69, 9.17) is 25.9 Å². The van der Waals surface area contributed by atoms with Crippen molar-refractivity contribution >= 4 is 23.5 Å². The van der Waals surface area contributed by atoms with E-state index in [2.05, 4.69) is 4.98 Å². The van der Waals surface area contributed by atoms with Crippen LogP contribution in [0.25, 0.3) is 11.3 Å². The van der Waals surface area contributed by atoms with Crippen molar-refractivity contribution in [3.05, 3.63) is 41.4 Å². The van der Waals surface area contributed by atoms with Gasteiger partial charge in [0.15, 0.2) is 11.7 Å². The first kappa shape index (κ1) is 19.0. The van der Waals surface area contributed by atoms with Gasteiger partial charge in [-0.1, -0.05) is 11.6 Å². The number of aliphatic carboxylic acids is 1. The highest BCUT2D eigenvalue weighted by atomic mass is 35.5. The fourth-order valence-electron chi connectivity index (χ4n) is 2.20. The molecule has 0 radical (unpaired) electrons. The van der Waals surface area contributed by atoms with Crippen LogP contribution >= 0.6 is 11.6 Å². The van der Waals surface area contributed by atoms with E-state index in [1.165, 1.54) is 12.0 Å². The van der Waals surface area contributed by atoms with Gasteiger partial charge >= 0.3 is 5.97 Å². The second-order valence-corrected chi connectivity index (χ2v) is 5.76. The normalized spacial score (nSPS) is 10.6. The van der Waals surface area contributed by atoms with Crippen LogP contribution in [0.5, 0.6) is 0 Å². The molecule has 8 heteroatoms. The summed E-state index contributed by atoms with van der Waals surface area (Å²) in [6.45, 7) is 0.145. The third-order valence-corrected chi connectivity index (χ3v) is 3.73. The fraction of sp³-hybridized carbons (Fsp3) is 0.353. The maximum absolute atomic E-state index is 12.2. The third kappa shape index (κ3) is 5.88. The minimum atomic E-state index is -1.06. The number of benzene rings is 1. The van der Waals surface area contributed by atoms with Crippen LogP contribution < -0.4 is 0 Å². The molecule has 0 bridgehead atoms. The molecule has 0 fully saturated rings. The highest BCUT2D eigenvalue weighted by Gasteiger charge is 2.17. The lowest BCUT2D eigenvalue weighted by atomic mass is 10.2. The number of aromatic nitrogens is 1. The van der Waals surface area contributed by atoms with Crippen molar-refractivity contribution < 1.29 is 23.8 Å². The van der Waals surface area contributed by atoms with Gasteiger partial charge in [-0.2, -0.15) is 0 Å². The number of hydrogen-bond acceptors (Lipinski definition) is 5. The highest BCUT2D eigenvalue weighted by Crippen LogP contribution is 2.22. The Balaban J connectivity index is 1.94. The lowest BCUT2D eigenvalue weighted by Crippen LogP contribution is -2.38. The number of carbonyl (C=O) groups excluding carboxylic acids is 1. The average molecular weight is 367 g/mol. The van der Waals surface area contributed by atoms with E-state index in [0.717, 1.165) is 5.56 Å². The Hall–Kier alpha value is -2.38. The number of aryl methyl sites for hydroxylation is 1. The van der Waals surface area contributed by atoms with Gasteiger partial charge in [0.1, 0.15) is 6.54 Å². The lowest BCUT2D eigenvalue weighted by molar-refractivity contribution is -0.144. The maximum Gasteiger partial charge on any atom is 0.323 e. The summed E-state index contributed by atoms with van der Waals surface area (Å²) < 4.78 is 10.5. The van der Waals surface area contributed by atoms with E-state index in [0.29, 0.717) is 16.7 Å². The van der Waals surface area contributed by atoms with Crippen LogP contribution in [0.2, 0.25) is 5.02 Å². The number of amides is 1. The molecule has 1 aromatic heterocycles. The molecule has 2 aromatic rings. The fourth-order valence-corrected chi connectivity index (χ4v) is 2.33. The zero-order valence-electron chi connectivity index (χ0n) is 13.8. The summed E-state index contributed by atoms with van der Waals surface area (Å²) in [7, 11) is 1.49. The number of carboxylic acids is 1. The molecule has 1 amide bonds. The highest BCUT2D eigenvalue weighted by molar-refractivity contribution is 6.30. The summed E-state index contributed by atoms with van der Waals surface area (Å²) >= 11 is 5.85. The number of methoxy groups -OCH3 is 1. The molecule has 1 N–H and O–H groups in total. The summed E-state index contributed by atoms with van der Waals surface area (Å²) in [6, 6.07) is 7.14. The van der Waals surface area contributed by atoms with Crippen molar-refractivity contribution in [1.82, 2.24) is 9.88 Å². The first-order valence-corrected chi connectivity index (χ1v) is 8.06. The van der Waals surface area contributed by atoms with Gasteiger partial charge in [-0.3, -0.25) is 9.59 Å². The summed E-state index contributed by atoms with van der Waals surface area (Å²) in [5, 5.41) is 9.52. The Bertz CT molecular complexity index is 714. The van der Waals surface area contributed by atoms with Gasteiger partial charge in [-0.15, -0.1) is 0 Å². The maximum atomic E-state index is 12.2. The Labute approximate surface area is 150 Å². The van der Waals surface area contributed by atoms with Crippen molar-refractivity contribution in [1.29, 1.82) is 0 Å². The molecule has 0 saturated carbocycles. The van der Waals surface area contributed by atoms with Crippen LogP contribution in [0.15, 0.2) is 34.9 Å². The largest absolute Gasteiger partial charge is 0.480 e. The van der Waals surface area contributed by atoms with E-state index >= 15 is 0 Å². The summed E-state index contributed by atoms with van der Waals surface area (Å²) in [5.41, 5.74) is 0.835. The van der Waals surface area contributed by atoms with Crippen LogP contribution in [0, 0.1) is 0 Å². The van der Waals surface area contributed by atoms with Crippen LogP contribution in [0.1, 0.15) is 12.3 Å². The molecule has 1 aromatic carbocycles. The van der Waals surface area contributed by atoms with Gasteiger partial charge in [0.25, 0.3) is 0 Å². The molecule has 0 aliphatic carbocycles. The van der Waals surface area contributed by atoms with E-state index < -0.39 is 5.97 Å². The molecule has 7 nitrogen and oxygen atoms in total. The average Bonchev–Trinajstić information content (AvgIpc) is 3.05. The Morgan fingerprint density at radius 1 is 1.32 bits per heavy atom. The van der Waals surface area contributed by atoms with Gasteiger partial charge in [0, 0.05) is 37.1 Å². The van der Waals surface area contributed by atoms with Crippen LogP contribution in [0.4, 0.5) is 0 Å². The third-order valence-electron chi connectivity index (χ3n) is 3.48. The SMILES string of the molecule is COCCN(CC(=O)O)C(=O)CCc1ncc(-c2ccc(Cl)cc2)o1. The first-order valence-electron chi connectivity index (χ1n) is 7.68. The number of carboxylic acid groups (broad SMARTS) is 1. The van der Waals surface area contributed by atoms with Crippen LogP contribution in [-0.2, 0) is 20.7 Å². The molecule has 0 aliphatic rings. The van der Waals surface area contributed by atoms with E-state index in [9.17, 15) is 9.59 Å². The van der Waals surface area contributed by atoms with Gasteiger partial charge < -0.3 is 19.2 Å². The molecule has 134 valence electrons. The van der Waals surface area contributed by atoms with Crippen molar-refractivity contribution in [2.45, 2.75) is 12.8 Å². The van der Waals surface area contributed by atoms with Gasteiger partial charge in [-0.25, -0.2) is 4.98 Å². The molecule has 25 heavy (non-hydrogen) atoms. The van der Waals surface area contributed by atoms with E-state index in [1.54, 1.807) is 18.3 Å². The molecular formula is C17H19ClN2O5. The van der Waals surface area contributed by atoms with Crippen LogP contribution in [-0.4, -0.2) is 53.7 Å². The molecular weight excluding hydrogens is 348 g/mol. The number of rotatable bonds is 9. The van der Waals surface area contributed by atoms with Crippen molar-refractivity contribution in [2.75, 3.05) is 26.8 Å². The Kier molecular flexibility index (Phi) is 6.97. The monoisotopic (exact) mass is 366 g/mol. The summed E-state index contributed by atoms with van der Waals surface area (Å²) in [4.78, 5) is 28.5. The Morgan fingerprint density at radius 3 is 2.68 bits per heavy atom. The number of hydrogen-bond donors (Lipinski definition) is 1. The first-order chi connectivity index (χ1) is 12.0. The number of halogens is 1. The number of nitrogens with zero attached hydrogens (tertiary/aromatic N) is 2. The van der Waals surface area contributed by atoms with Crippen molar-refractivity contribution in [2.24, 2.45) is 0 Å². The molecule has 0 atom stereocenters. The second-order valence-electron chi connectivity index (χ2n) is 5.33. The second kappa shape index (κ2) is 9.19. The van der Waals surface area contributed by atoms with Crippen molar-refractivity contribution in [3.63, 3.8) is 0 Å². The van der Waals surface area contributed by atoms with Crippen LogP contribution in [0.3, 0.4) is 0 Å². The van der Waals surface area contributed by atoms with E-state index in [1.807, 2.05) is 12.1 Å². The summed E-state index contributed by atoms with van der Waals surface area (Å²) in [6.07, 6.45) is 1.98. The lowest BCUT2D eigenvalue weighted by Gasteiger charge is -2.19. The molecule has 1 heterocycles. The van der Waals surface area contributed by atoms with Gasteiger partial charge in [0.2, 0.25) is 5.91 Å². The van der Waals surface area contributed by atoms with Gasteiger partial charge in [0.05, 0.1) is 12.8 Å². The molecule has 0 unspecified atom stereocenters. The van der Waals surface area contributed by atoms with Crippen molar-refractivity contribution in [3.8, 4) is 11.3 Å². The number of carbonyl (C=O) groups is 2. The number of oxazole rings is 1. The van der Waals surface area contributed by atoms with Gasteiger partial charge in [-0.05, 0) is 24.3 Å². The quantitative estimate of drug-likeness (QED) is 0.732. The number of ether oxygens (including phenoxy) is 1. The predicted molar refractivity (Wildman–Crippen MR) is 91.4 cm³/mol. The Morgan fingerprint density at radius 2 is 2.04 bits per heavy atom. The standard InChI is InChI=1S/C17H19ClN2O5/c1-24-9-8-20(11-17(22)23)16(21)7-6-15-19-10-14(25-15)12-2-4-13(18)5-3-12/h2-5,10H,6-9,11H2,1H3,(H,22,23). The topological polar surface area (TPSA) is 92.9 Å². The summed E-state index contributed by atoms with van der Waals surface area (Å²) in [5.74, 6) is -0.350. The smallest absolute Gasteiger partial charge is 0.323 e. The molecule has 0 aliphatic heterocycles. The molecule has 2 rings (SSSR count). The molecule has 0 spiro atoms. The van der Waals surface area contributed by atoms with E-state index in [-0.39, 0.29) is 38.4 Å². The minimum Gasteiger partial charge on any atom is -0.480 e. The predicted octanol–water partition coefficient (Wildman–Crippen LogP) is 2.49. The zero-order chi connectivity index (χ0) is 18.2. The minimum absolute atomic E-state index is 0.109. The zero-order valence-corrected chi connectivity index (χ0v) is 14.5.